The van der Waals surface area contributed by atoms with Crippen LogP contribution in [0.2, 0.25) is 10.0 Å². The molecule has 4 nitrogen and oxygen atoms in total. The fourth-order valence-electron chi connectivity index (χ4n) is 2.36. The average molecular weight is 331 g/mol. The van der Waals surface area contributed by atoms with Crippen molar-refractivity contribution in [3.05, 3.63) is 33.3 Å². The van der Waals surface area contributed by atoms with Gasteiger partial charge in [0.05, 0.1) is 6.54 Å². The number of carbonyl (C=O) groups is 1. The van der Waals surface area contributed by atoms with Gasteiger partial charge in [0.25, 0.3) is 0 Å². The highest BCUT2D eigenvalue weighted by atomic mass is 35.5. The number of nitrogens with zero attached hydrogens (tertiary/aromatic N) is 1. The van der Waals surface area contributed by atoms with E-state index in [9.17, 15) is 4.79 Å². The van der Waals surface area contributed by atoms with Gasteiger partial charge in [-0.15, -0.1) is 0 Å². The van der Waals surface area contributed by atoms with Crippen molar-refractivity contribution in [1.29, 1.82) is 0 Å². The molecule has 0 fully saturated rings. The van der Waals surface area contributed by atoms with Crippen LogP contribution in [0.25, 0.3) is 0 Å². The first kappa shape index (κ1) is 16.4. The Morgan fingerprint density at radius 2 is 1.95 bits per heavy atom. The Bertz CT molecular complexity index is 555. The molecule has 1 aliphatic rings. The number of ether oxygens (including phenoxy) is 1. The molecule has 0 saturated carbocycles. The molecule has 1 atom stereocenters. The standard InChI is InChI=1S/C15H20Cl2N2O2/c1-15(2,3)21-14(20)19-7-6-12(18)13-9(8-19)10(16)4-5-11(13)17/h4-5,12H,6-8,18H2,1-3H3. The quantitative estimate of drug-likeness (QED) is 0.777. The zero-order valence-corrected chi connectivity index (χ0v) is 14.0. The molecule has 0 aromatic heterocycles. The van der Waals surface area contributed by atoms with Gasteiger partial charge in [0.2, 0.25) is 0 Å². The molecular weight excluding hydrogens is 311 g/mol. The van der Waals surface area contributed by atoms with Crippen molar-refractivity contribution < 1.29 is 9.53 Å². The molecule has 0 spiro atoms. The predicted molar refractivity (Wildman–Crippen MR) is 84.7 cm³/mol. The molecule has 1 heterocycles. The number of carbonyl (C=O) groups excluding carboxylic acids is 1. The first-order chi connectivity index (χ1) is 9.69. The number of fused-ring (bicyclic) bond motifs is 1. The molecule has 1 unspecified atom stereocenters. The first-order valence-corrected chi connectivity index (χ1v) is 7.65. The molecule has 1 aromatic rings. The van der Waals surface area contributed by atoms with Crippen molar-refractivity contribution in [2.45, 2.75) is 45.4 Å². The van der Waals surface area contributed by atoms with Gasteiger partial charge in [-0.3, -0.25) is 0 Å². The van der Waals surface area contributed by atoms with E-state index in [0.717, 1.165) is 11.1 Å². The second kappa shape index (κ2) is 6.03. The van der Waals surface area contributed by atoms with Crippen LogP contribution in [-0.2, 0) is 11.3 Å². The highest BCUT2D eigenvalue weighted by Gasteiger charge is 2.29. The second-order valence-corrected chi connectivity index (χ2v) is 7.03. The number of hydrogen-bond donors (Lipinski definition) is 1. The summed E-state index contributed by atoms with van der Waals surface area (Å²) in [5, 5.41) is 1.16. The van der Waals surface area contributed by atoms with Crippen LogP contribution < -0.4 is 5.73 Å². The summed E-state index contributed by atoms with van der Waals surface area (Å²) >= 11 is 12.5. The van der Waals surface area contributed by atoms with Gasteiger partial charge in [-0.05, 0) is 50.5 Å². The Balaban J connectivity index is 2.31. The fourth-order valence-corrected chi connectivity index (χ4v) is 2.90. The highest BCUT2D eigenvalue weighted by molar-refractivity contribution is 6.34. The van der Waals surface area contributed by atoms with Crippen molar-refractivity contribution in [2.75, 3.05) is 6.54 Å². The highest BCUT2D eigenvalue weighted by Crippen LogP contribution is 2.35. The number of hydrogen-bond acceptors (Lipinski definition) is 3. The lowest BCUT2D eigenvalue weighted by Gasteiger charge is -2.26. The third-order valence-corrected chi connectivity index (χ3v) is 4.01. The Hall–Kier alpha value is -0.970. The summed E-state index contributed by atoms with van der Waals surface area (Å²) < 4.78 is 5.42. The lowest BCUT2D eigenvalue weighted by molar-refractivity contribution is 0.0235. The van der Waals surface area contributed by atoms with Crippen molar-refractivity contribution in [2.24, 2.45) is 5.73 Å². The van der Waals surface area contributed by atoms with E-state index in [4.69, 9.17) is 33.7 Å². The minimum atomic E-state index is -0.535. The van der Waals surface area contributed by atoms with Crippen LogP contribution in [0.1, 0.15) is 44.4 Å². The molecule has 1 aliphatic heterocycles. The summed E-state index contributed by atoms with van der Waals surface area (Å²) in [5.74, 6) is 0. The van der Waals surface area contributed by atoms with Gasteiger partial charge in [0.1, 0.15) is 5.60 Å². The summed E-state index contributed by atoms with van der Waals surface area (Å²) in [7, 11) is 0. The van der Waals surface area contributed by atoms with E-state index in [0.29, 0.717) is 29.6 Å². The fraction of sp³-hybridized carbons (Fsp3) is 0.533. The number of halogens is 2. The van der Waals surface area contributed by atoms with Crippen LogP contribution in [0.5, 0.6) is 0 Å². The maximum Gasteiger partial charge on any atom is 0.410 e. The summed E-state index contributed by atoms with van der Waals surface area (Å²) in [6.07, 6.45) is 0.255. The molecule has 2 N–H and O–H groups in total. The summed E-state index contributed by atoms with van der Waals surface area (Å²) in [6.45, 7) is 6.39. The van der Waals surface area contributed by atoms with E-state index in [1.807, 2.05) is 20.8 Å². The van der Waals surface area contributed by atoms with Crippen LogP contribution in [0.4, 0.5) is 4.79 Å². The molecule has 0 saturated heterocycles. The summed E-state index contributed by atoms with van der Waals surface area (Å²) in [4.78, 5) is 13.9. The van der Waals surface area contributed by atoms with E-state index in [1.165, 1.54) is 0 Å². The molecule has 0 aliphatic carbocycles. The van der Waals surface area contributed by atoms with E-state index < -0.39 is 5.60 Å². The van der Waals surface area contributed by atoms with E-state index >= 15 is 0 Å². The molecule has 2 rings (SSSR count). The van der Waals surface area contributed by atoms with Gasteiger partial charge in [-0.1, -0.05) is 23.2 Å². The average Bonchev–Trinajstić information content (AvgIpc) is 2.52. The Kier molecular flexibility index (Phi) is 4.71. The smallest absolute Gasteiger partial charge is 0.410 e. The van der Waals surface area contributed by atoms with Gasteiger partial charge in [-0.25, -0.2) is 4.79 Å². The molecule has 6 heteroatoms. The first-order valence-electron chi connectivity index (χ1n) is 6.89. The van der Waals surface area contributed by atoms with Gasteiger partial charge >= 0.3 is 6.09 Å². The number of benzene rings is 1. The molecule has 0 radical (unpaired) electrons. The van der Waals surface area contributed by atoms with Crippen molar-refractivity contribution in [1.82, 2.24) is 4.90 Å². The van der Waals surface area contributed by atoms with Gasteiger partial charge in [0, 0.05) is 22.6 Å². The summed E-state index contributed by atoms with van der Waals surface area (Å²) in [6, 6.07) is 3.23. The zero-order valence-electron chi connectivity index (χ0n) is 12.5. The number of nitrogens with two attached hydrogens (primary N) is 1. The minimum absolute atomic E-state index is 0.237. The topological polar surface area (TPSA) is 55.6 Å². The van der Waals surface area contributed by atoms with Gasteiger partial charge in [0.15, 0.2) is 0 Å². The van der Waals surface area contributed by atoms with Crippen LogP contribution in [-0.4, -0.2) is 23.1 Å². The second-order valence-electron chi connectivity index (χ2n) is 6.22. The van der Waals surface area contributed by atoms with E-state index in [2.05, 4.69) is 0 Å². The van der Waals surface area contributed by atoms with Gasteiger partial charge in [-0.2, -0.15) is 0 Å². The van der Waals surface area contributed by atoms with E-state index in [1.54, 1.807) is 17.0 Å². The van der Waals surface area contributed by atoms with Crippen LogP contribution in [0.3, 0.4) is 0 Å². The van der Waals surface area contributed by atoms with Crippen molar-refractivity contribution in [3.8, 4) is 0 Å². The predicted octanol–water partition coefficient (Wildman–Crippen LogP) is 4.13. The third kappa shape index (κ3) is 3.82. The maximum atomic E-state index is 12.3. The Morgan fingerprint density at radius 1 is 1.33 bits per heavy atom. The lowest BCUT2D eigenvalue weighted by Crippen LogP contribution is -2.36. The third-order valence-electron chi connectivity index (χ3n) is 3.33. The minimum Gasteiger partial charge on any atom is -0.444 e. The number of rotatable bonds is 0. The maximum absolute atomic E-state index is 12.3. The monoisotopic (exact) mass is 330 g/mol. The van der Waals surface area contributed by atoms with Crippen LogP contribution in [0, 0.1) is 0 Å². The zero-order chi connectivity index (χ0) is 15.8. The van der Waals surface area contributed by atoms with Crippen molar-refractivity contribution >= 4 is 29.3 Å². The molecule has 116 valence electrons. The molecule has 21 heavy (non-hydrogen) atoms. The van der Waals surface area contributed by atoms with E-state index in [-0.39, 0.29) is 12.1 Å². The SMILES string of the molecule is CC(C)(C)OC(=O)N1CCC(N)c2c(Cl)ccc(Cl)c2C1. The molecule has 0 bridgehead atoms. The Labute approximate surface area is 135 Å². The molecule has 1 amide bonds. The summed E-state index contributed by atoms with van der Waals surface area (Å²) in [5.41, 5.74) is 7.28. The molecular formula is C15H20Cl2N2O2. The van der Waals surface area contributed by atoms with Gasteiger partial charge < -0.3 is 15.4 Å². The van der Waals surface area contributed by atoms with Crippen molar-refractivity contribution in [3.63, 3.8) is 0 Å². The number of amides is 1. The molecule has 1 aromatic carbocycles. The van der Waals surface area contributed by atoms with Crippen LogP contribution in [0.15, 0.2) is 12.1 Å². The van der Waals surface area contributed by atoms with Crippen LogP contribution >= 0.6 is 23.2 Å². The lowest BCUT2D eigenvalue weighted by atomic mass is 10.00. The Morgan fingerprint density at radius 3 is 2.57 bits per heavy atom. The largest absolute Gasteiger partial charge is 0.444 e. The normalized spacial score (nSPS) is 19.0.